The van der Waals surface area contributed by atoms with Gasteiger partial charge in [-0.3, -0.25) is 4.79 Å². The third-order valence-corrected chi connectivity index (χ3v) is 3.21. The zero-order valence-corrected chi connectivity index (χ0v) is 9.87. The third kappa shape index (κ3) is 2.40. The summed E-state index contributed by atoms with van der Waals surface area (Å²) in [6.45, 7) is 0. The molecule has 3 heteroatoms. The molecule has 1 atom stereocenters. The molecule has 92 valence electrons. The number of rotatable bonds is 4. The van der Waals surface area contributed by atoms with Gasteiger partial charge in [0.1, 0.15) is 0 Å². The monoisotopic (exact) mass is 242 g/mol. The van der Waals surface area contributed by atoms with Crippen molar-refractivity contribution in [2.45, 2.75) is 18.3 Å². The van der Waals surface area contributed by atoms with Crippen LogP contribution in [0.3, 0.4) is 0 Å². The molecule has 1 aliphatic carbocycles. The van der Waals surface area contributed by atoms with E-state index in [9.17, 15) is 9.59 Å². The third-order valence-electron chi connectivity index (χ3n) is 3.21. The molecule has 0 amide bonds. The first kappa shape index (κ1) is 12.3. The van der Waals surface area contributed by atoms with Gasteiger partial charge in [0.05, 0.1) is 0 Å². The number of carboxylic acid groups (broad SMARTS) is 1. The number of allylic oxidation sites excluding steroid dienone is 4. The van der Waals surface area contributed by atoms with Crippen molar-refractivity contribution in [1.29, 1.82) is 0 Å². The average Bonchev–Trinajstić information content (AvgIpc) is 2.40. The summed E-state index contributed by atoms with van der Waals surface area (Å²) in [5.41, 5.74) is 0.450. The number of Topliss-reactive ketones (excluding diaryl/α,β-unsaturated/α-hetero) is 1. The number of carboxylic acids is 1. The fraction of sp³-hybridized carbons (Fsp3) is 0.200. The van der Waals surface area contributed by atoms with E-state index in [4.69, 9.17) is 5.11 Å². The van der Waals surface area contributed by atoms with E-state index in [0.29, 0.717) is 6.42 Å². The second-order valence-corrected chi connectivity index (χ2v) is 4.42. The van der Waals surface area contributed by atoms with Gasteiger partial charge in [-0.2, -0.15) is 0 Å². The zero-order chi connectivity index (χ0) is 13.0. The van der Waals surface area contributed by atoms with Crippen LogP contribution in [-0.2, 0) is 15.0 Å². The molecular formula is C15H14O3. The maximum Gasteiger partial charge on any atom is 0.372 e. The highest BCUT2D eigenvalue weighted by Crippen LogP contribution is 2.36. The van der Waals surface area contributed by atoms with Gasteiger partial charge in [0.2, 0.25) is 5.78 Å². The van der Waals surface area contributed by atoms with Crippen LogP contribution in [0.25, 0.3) is 0 Å². The summed E-state index contributed by atoms with van der Waals surface area (Å²) in [5.74, 6) is -2.12. The normalized spacial score (nSPS) is 21.8. The minimum absolute atomic E-state index is 0.00676. The molecule has 0 radical (unpaired) electrons. The Morgan fingerprint density at radius 3 is 2.44 bits per heavy atom. The average molecular weight is 242 g/mol. The van der Waals surface area contributed by atoms with E-state index in [2.05, 4.69) is 0 Å². The van der Waals surface area contributed by atoms with Crippen molar-refractivity contribution in [1.82, 2.24) is 0 Å². The maximum atomic E-state index is 11.5. The summed E-state index contributed by atoms with van der Waals surface area (Å²) < 4.78 is 0. The van der Waals surface area contributed by atoms with E-state index in [1.165, 1.54) is 0 Å². The molecule has 2 rings (SSSR count). The van der Waals surface area contributed by atoms with E-state index in [1.807, 2.05) is 54.6 Å². The summed E-state index contributed by atoms with van der Waals surface area (Å²) in [7, 11) is 0. The van der Waals surface area contributed by atoms with Crippen LogP contribution in [0.1, 0.15) is 18.4 Å². The Morgan fingerprint density at radius 2 is 1.89 bits per heavy atom. The molecule has 1 N–H and O–H groups in total. The molecule has 3 nitrogen and oxygen atoms in total. The molecule has 1 unspecified atom stereocenters. The van der Waals surface area contributed by atoms with Gasteiger partial charge in [0.15, 0.2) is 0 Å². The number of hydrogen-bond acceptors (Lipinski definition) is 2. The zero-order valence-electron chi connectivity index (χ0n) is 9.87. The SMILES string of the molecule is O=C(O)C(=O)CC1(c2ccccc2)C=CC=CC1. The number of carbonyl (C=O) groups excluding carboxylic acids is 1. The molecule has 0 heterocycles. The van der Waals surface area contributed by atoms with E-state index < -0.39 is 17.2 Å². The Bertz CT molecular complexity index is 514. The van der Waals surface area contributed by atoms with E-state index >= 15 is 0 Å². The summed E-state index contributed by atoms with van der Waals surface area (Å²) in [5, 5.41) is 8.78. The molecule has 18 heavy (non-hydrogen) atoms. The van der Waals surface area contributed by atoms with Crippen molar-refractivity contribution in [3.8, 4) is 0 Å². The van der Waals surface area contributed by atoms with Gasteiger partial charge in [-0.05, 0) is 12.0 Å². The molecule has 1 aromatic carbocycles. The first-order valence-corrected chi connectivity index (χ1v) is 5.80. The Morgan fingerprint density at radius 1 is 1.17 bits per heavy atom. The molecule has 0 bridgehead atoms. The highest BCUT2D eigenvalue weighted by atomic mass is 16.4. The van der Waals surface area contributed by atoms with Gasteiger partial charge in [0, 0.05) is 11.8 Å². The van der Waals surface area contributed by atoms with Crippen LogP contribution in [0.5, 0.6) is 0 Å². The van der Waals surface area contributed by atoms with Crippen LogP contribution in [0, 0.1) is 0 Å². The second kappa shape index (κ2) is 5.00. The fourth-order valence-electron chi connectivity index (χ4n) is 2.24. The predicted molar refractivity (Wildman–Crippen MR) is 68.3 cm³/mol. The van der Waals surface area contributed by atoms with Crippen LogP contribution in [0.2, 0.25) is 0 Å². The van der Waals surface area contributed by atoms with E-state index in [1.54, 1.807) is 0 Å². The van der Waals surface area contributed by atoms with Crippen LogP contribution in [0.15, 0.2) is 54.6 Å². The second-order valence-electron chi connectivity index (χ2n) is 4.42. The first-order valence-electron chi connectivity index (χ1n) is 5.80. The largest absolute Gasteiger partial charge is 0.476 e. The van der Waals surface area contributed by atoms with E-state index in [-0.39, 0.29) is 6.42 Å². The number of ketones is 1. The highest BCUT2D eigenvalue weighted by molar-refractivity contribution is 6.33. The smallest absolute Gasteiger partial charge is 0.372 e. The molecule has 1 aromatic rings. The van der Waals surface area contributed by atoms with Crippen LogP contribution >= 0.6 is 0 Å². The molecule has 0 fully saturated rings. The lowest BCUT2D eigenvalue weighted by Crippen LogP contribution is -2.30. The number of carbonyl (C=O) groups is 2. The highest BCUT2D eigenvalue weighted by Gasteiger charge is 2.33. The first-order chi connectivity index (χ1) is 8.64. The van der Waals surface area contributed by atoms with Gasteiger partial charge in [-0.15, -0.1) is 0 Å². The lowest BCUT2D eigenvalue weighted by molar-refractivity contribution is -0.149. The van der Waals surface area contributed by atoms with Crippen molar-refractivity contribution in [2.75, 3.05) is 0 Å². The van der Waals surface area contributed by atoms with Gasteiger partial charge >= 0.3 is 5.97 Å². The molecule has 0 saturated carbocycles. The molecule has 1 aliphatic rings. The maximum absolute atomic E-state index is 11.5. The minimum Gasteiger partial charge on any atom is -0.476 e. The summed E-state index contributed by atoms with van der Waals surface area (Å²) in [6, 6.07) is 9.55. The Hall–Kier alpha value is -2.16. The molecule has 0 aliphatic heterocycles. The van der Waals surface area contributed by atoms with Gasteiger partial charge in [-0.25, -0.2) is 4.79 Å². The van der Waals surface area contributed by atoms with Crippen LogP contribution < -0.4 is 0 Å². The number of aliphatic carboxylic acids is 1. The predicted octanol–water partition coefficient (Wildman–Crippen LogP) is 2.48. The van der Waals surface area contributed by atoms with Crippen molar-refractivity contribution >= 4 is 11.8 Å². The van der Waals surface area contributed by atoms with Crippen molar-refractivity contribution in [2.24, 2.45) is 0 Å². The fourth-order valence-corrected chi connectivity index (χ4v) is 2.24. The van der Waals surface area contributed by atoms with E-state index in [0.717, 1.165) is 5.56 Å². The molecule has 0 aromatic heterocycles. The van der Waals surface area contributed by atoms with Crippen molar-refractivity contribution in [3.63, 3.8) is 0 Å². The lowest BCUT2D eigenvalue weighted by atomic mass is 9.72. The molecule has 0 spiro atoms. The topological polar surface area (TPSA) is 54.4 Å². The quantitative estimate of drug-likeness (QED) is 0.825. The Labute approximate surface area is 105 Å². The molecular weight excluding hydrogens is 228 g/mol. The van der Waals surface area contributed by atoms with Crippen molar-refractivity contribution < 1.29 is 14.7 Å². The van der Waals surface area contributed by atoms with Crippen LogP contribution in [-0.4, -0.2) is 16.9 Å². The van der Waals surface area contributed by atoms with Crippen LogP contribution in [0.4, 0.5) is 0 Å². The van der Waals surface area contributed by atoms with Gasteiger partial charge in [-0.1, -0.05) is 54.6 Å². The summed E-state index contributed by atoms with van der Waals surface area (Å²) >= 11 is 0. The summed E-state index contributed by atoms with van der Waals surface area (Å²) in [6.07, 6.45) is 8.29. The van der Waals surface area contributed by atoms with Gasteiger partial charge < -0.3 is 5.11 Å². The Kier molecular flexibility index (Phi) is 3.42. The van der Waals surface area contributed by atoms with Crippen molar-refractivity contribution in [3.05, 3.63) is 60.2 Å². The van der Waals surface area contributed by atoms with Gasteiger partial charge in [0.25, 0.3) is 0 Å². The minimum atomic E-state index is -1.37. The summed E-state index contributed by atoms with van der Waals surface area (Å²) in [4.78, 5) is 22.3. The lowest BCUT2D eigenvalue weighted by Gasteiger charge is -2.30. The number of benzene rings is 1. The molecule has 0 saturated heterocycles. The standard InChI is InChI=1S/C15H14O3/c16-13(14(17)18)11-15(9-5-2-6-10-15)12-7-3-1-4-8-12/h1-9H,10-11H2,(H,17,18). The Balaban J connectivity index is 2.36. The number of hydrogen-bond donors (Lipinski definition) is 1.